The van der Waals surface area contributed by atoms with Crippen molar-refractivity contribution in [1.29, 1.82) is 0 Å². The van der Waals surface area contributed by atoms with Crippen molar-refractivity contribution in [2.75, 3.05) is 20.1 Å². The predicted octanol–water partition coefficient (Wildman–Crippen LogP) is 0.900. The Morgan fingerprint density at radius 2 is 2.31 bits per heavy atom. The maximum absolute atomic E-state index is 5.75. The van der Waals surface area contributed by atoms with Crippen molar-refractivity contribution in [3.63, 3.8) is 0 Å². The zero-order chi connectivity index (χ0) is 9.26. The van der Waals surface area contributed by atoms with Crippen molar-refractivity contribution in [2.24, 2.45) is 0 Å². The van der Waals surface area contributed by atoms with Crippen molar-refractivity contribution in [3.8, 4) is 0 Å². The molecule has 1 aliphatic rings. The van der Waals surface area contributed by atoms with E-state index in [1.165, 1.54) is 25.1 Å². The van der Waals surface area contributed by atoms with E-state index >= 15 is 0 Å². The van der Waals surface area contributed by atoms with Crippen LogP contribution in [0, 0.1) is 0 Å². The van der Waals surface area contributed by atoms with E-state index in [1.54, 1.807) is 0 Å². The van der Waals surface area contributed by atoms with E-state index in [-0.39, 0.29) is 0 Å². The molecule has 2 radical (unpaired) electrons. The van der Waals surface area contributed by atoms with Gasteiger partial charge in [0.05, 0.1) is 0 Å². The molecule has 1 aliphatic heterocycles. The largest absolute Gasteiger partial charge is 0.306 e. The summed E-state index contributed by atoms with van der Waals surface area (Å²) in [6.07, 6.45) is 1.26. The lowest BCUT2D eigenvalue weighted by molar-refractivity contribution is 0.411. The van der Waals surface area contributed by atoms with Gasteiger partial charge >= 0.3 is 0 Å². The van der Waals surface area contributed by atoms with Crippen LogP contribution in [-0.2, 0) is 0 Å². The van der Waals surface area contributed by atoms with E-state index in [0.29, 0.717) is 5.92 Å². The second-order valence-corrected chi connectivity index (χ2v) is 3.92. The summed E-state index contributed by atoms with van der Waals surface area (Å²) in [6, 6.07) is 8.27. The first-order chi connectivity index (χ1) is 6.25. The summed E-state index contributed by atoms with van der Waals surface area (Å²) in [7, 11) is 7.92. The first kappa shape index (κ1) is 8.83. The molecule has 1 unspecified atom stereocenters. The molecule has 0 bridgehead atoms. The molecule has 1 nitrogen and oxygen atoms in total. The second-order valence-electron chi connectivity index (χ2n) is 3.92. The smallest absolute Gasteiger partial charge is 0.113 e. The van der Waals surface area contributed by atoms with Crippen LogP contribution in [0.3, 0.4) is 0 Å². The lowest BCUT2D eigenvalue weighted by Gasteiger charge is -2.11. The average molecular weight is 171 g/mol. The molecule has 1 heterocycles. The SMILES string of the molecule is [B]c1cccc(C2CCN(C)C2)c1. The molecule has 13 heavy (non-hydrogen) atoms. The van der Waals surface area contributed by atoms with Crippen molar-refractivity contribution >= 4 is 13.3 Å². The van der Waals surface area contributed by atoms with Crippen LogP contribution in [0.1, 0.15) is 17.9 Å². The topological polar surface area (TPSA) is 3.24 Å². The van der Waals surface area contributed by atoms with Crippen LogP contribution >= 0.6 is 0 Å². The van der Waals surface area contributed by atoms with E-state index in [2.05, 4.69) is 24.1 Å². The van der Waals surface area contributed by atoms with Crippen LogP contribution in [0.2, 0.25) is 0 Å². The maximum Gasteiger partial charge on any atom is 0.113 e. The molecular weight excluding hydrogens is 157 g/mol. The third kappa shape index (κ3) is 1.94. The Balaban J connectivity index is 2.16. The van der Waals surface area contributed by atoms with Gasteiger partial charge in [-0.15, -0.1) is 0 Å². The first-order valence-corrected chi connectivity index (χ1v) is 4.79. The van der Waals surface area contributed by atoms with Gasteiger partial charge in [0, 0.05) is 6.54 Å². The van der Waals surface area contributed by atoms with Crippen LogP contribution in [0.5, 0.6) is 0 Å². The van der Waals surface area contributed by atoms with E-state index in [9.17, 15) is 0 Å². The van der Waals surface area contributed by atoms with Crippen molar-refractivity contribution in [3.05, 3.63) is 29.8 Å². The number of benzene rings is 1. The molecule has 2 heteroatoms. The minimum Gasteiger partial charge on any atom is -0.306 e. The molecule has 1 aromatic rings. The molecule has 0 aromatic heterocycles. The Morgan fingerprint density at radius 3 is 2.92 bits per heavy atom. The fraction of sp³-hybridized carbons (Fsp3) is 0.455. The number of hydrogen-bond acceptors (Lipinski definition) is 1. The molecule has 66 valence electrons. The number of likely N-dealkylation sites (tertiary alicyclic amines) is 1. The molecule has 1 saturated heterocycles. The van der Waals surface area contributed by atoms with Crippen molar-refractivity contribution < 1.29 is 0 Å². The van der Waals surface area contributed by atoms with E-state index in [0.717, 1.165) is 5.46 Å². The van der Waals surface area contributed by atoms with Crippen molar-refractivity contribution in [1.82, 2.24) is 4.90 Å². The summed E-state index contributed by atoms with van der Waals surface area (Å²) in [4.78, 5) is 2.37. The lowest BCUT2D eigenvalue weighted by Crippen LogP contribution is -2.14. The molecule has 2 rings (SSSR count). The van der Waals surface area contributed by atoms with Gasteiger partial charge in [-0.05, 0) is 31.5 Å². The van der Waals surface area contributed by atoms with Crippen LogP contribution in [0.15, 0.2) is 24.3 Å². The standard InChI is InChI=1S/C11H14BN/c1-13-6-5-10(8-13)9-3-2-4-11(12)7-9/h2-4,7,10H,5-6,8H2,1H3. The number of hydrogen-bond donors (Lipinski definition) is 0. The summed E-state index contributed by atoms with van der Waals surface area (Å²) < 4.78 is 0. The Labute approximate surface area is 81.2 Å². The average Bonchev–Trinajstić information content (AvgIpc) is 2.52. The summed E-state index contributed by atoms with van der Waals surface area (Å²) in [5.74, 6) is 0.688. The number of rotatable bonds is 1. The molecule has 1 atom stereocenters. The van der Waals surface area contributed by atoms with Crippen LogP contribution < -0.4 is 5.46 Å². The Hall–Kier alpha value is -0.755. The van der Waals surface area contributed by atoms with Crippen LogP contribution in [0.4, 0.5) is 0 Å². The quantitative estimate of drug-likeness (QED) is 0.567. The highest BCUT2D eigenvalue weighted by molar-refractivity contribution is 6.32. The lowest BCUT2D eigenvalue weighted by atomic mass is 9.90. The zero-order valence-corrected chi connectivity index (χ0v) is 8.03. The fourth-order valence-electron chi connectivity index (χ4n) is 2.02. The van der Waals surface area contributed by atoms with Crippen LogP contribution in [0.25, 0.3) is 0 Å². The molecule has 0 spiro atoms. The minimum atomic E-state index is 0.688. The number of likely N-dealkylation sites (N-methyl/N-ethyl adjacent to an activating group) is 1. The highest BCUT2D eigenvalue weighted by Gasteiger charge is 2.20. The van der Waals surface area contributed by atoms with Gasteiger partial charge in [-0.1, -0.05) is 29.7 Å². The Bertz CT molecular complexity index is 298. The van der Waals surface area contributed by atoms with Gasteiger partial charge in [0.2, 0.25) is 0 Å². The molecule has 0 N–H and O–H groups in total. The first-order valence-electron chi connectivity index (χ1n) is 4.79. The van der Waals surface area contributed by atoms with Gasteiger partial charge in [0.25, 0.3) is 0 Å². The van der Waals surface area contributed by atoms with Crippen LogP contribution in [-0.4, -0.2) is 32.9 Å². The summed E-state index contributed by atoms with van der Waals surface area (Å²) in [5.41, 5.74) is 2.27. The highest BCUT2D eigenvalue weighted by atomic mass is 15.1. The van der Waals surface area contributed by atoms with E-state index < -0.39 is 0 Å². The molecule has 1 aromatic carbocycles. The van der Waals surface area contributed by atoms with Gasteiger partial charge in [-0.3, -0.25) is 0 Å². The van der Waals surface area contributed by atoms with Gasteiger partial charge in [0.15, 0.2) is 0 Å². The van der Waals surface area contributed by atoms with Crippen molar-refractivity contribution in [2.45, 2.75) is 12.3 Å². The normalized spacial score (nSPS) is 23.6. The third-order valence-electron chi connectivity index (χ3n) is 2.77. The predicted molar refractivity (Wildman–Crippen MR) is 56.7 cm³/mol. The summed E-state index contributed by atoms with van der Waals surface area (Å²) in [6.45, 7) is 2.38. The minimum absolute atomic E-state index is 0.688. The van der Waals surface area contributed by atoms with E-state index in [1.807, 2.05) is 12.1 Å². The Kier molecular flexibility index (Phi) is 2.41. The summed E-state index contributed by atoms with van der Waals surface area (Å²) in [5, 5.41) is 0. The fourth-order valence-corrected chi connectivity index (χ4v) is 2.02. The molecule has 0 saturated carbocycles. The molecule has 0 aliphatic carbocycles. The monoisotopic (exact) mass is 171 g/mol. The summed E-state index contributed by atoms with van der Waals surface area (Å²) >= 11 is 0. The number of nitrogens with zero attached hydrogens (tertiary/aromatic N) is 1. The van der Waals surface area contributed by atoms with Gasteiger partial charge in [0.1, 0.15) is 7.85 Å². The van der Waals surface area contributed by atoms with Gasteiger partial charge < -0.3 is 4.90 Å². The Morgan fingerprint density at radius 1 is 1.46 bits per heavy atom. The molecule has 1 fully saturated rings. The van der Waals surface area contributed by atoms with Gasteiger partial charge in [-0.2, -0.15) is 0 Å². The van der Waals surface area contributed by atoms with E-state index in [4.69, 9.17) is 7.85 Å². The maximum atomic E-state index is 5.75. The second kappa shape index (κ2) is 3.55. The highest BCUT2D eigenvalue weighted by Crippen LogP contribution is 2.24. The molecule has 0 amide bonds. The molecular formula is C11H14BN. The van der Waals surface area contributed by atoms with Gasteiger partial charge in [-0.25, -0.2) is 0 Å². The third-order valence-corrected chi connectivity index (χ3v) is 2.77. The zero-order valence-electron chi connectivity index (χ0n) is 8.03.